The molecule has 0 atom stereocenters. The number of benzene rings is 7. The molecule has 4 heteroatoms. The van der Waals surface area contributed by atoms with E-state index in [4.69, 9.17) is 14.7 Å². The van der Waals surface area contributed by atoms with E-state index < -0.39 is 0 Å². The van der Waals surface area contributed by atoms with Crippen molar-refractivity contribution in [1.29, 1.82) is 5.26 Å². The van der Waals surface area contributed by atoms with E-state index in [0.29, 0.717) is 11.4 Å². The molecule has 9 rings (SSSR count). The Hall–Kier alpha value is -6.83. The zero-order valence-electron chi connectivity index (χ0n) is 28.8. The number of rotatable bonds is 5. The molecule has 0 radical (unpaired) electrons. The Labute approximate surface area is 303 Å². The molecule has 0 saturated carbocycles. The van der Waals surface area contributed by atoms with Gasteiger partial charge in [0.1, 0.15) is 11.5 Å². The largest absolute Gasteiger partial charge is 0.457 e. The van der Waals surface area contributed by atoms with E-state index in [1.807, 2.05) is 66.7 Å². The van der Waals surface area contributed by atoms with Crippen molar-refractivity contribution in [3.8, 4) is 73.7 Å². The number of ether oxygens (including phenoxy) is 1. The van der Waals surface area contributed by atoms with Gasteiger partial charge in [-0.15, -0.1) is 0 Å². The second kappa shape index (κ2) is 12.5. The lowest BCUT2D eigenvalue weighted by Crippen LogP contribution is -2.24. The molecule has 52 heavy (non-hydrogen) atoms. The molecule has 0 bridgehead atoms. The molecular formula is C48H33N3O. The molecule has 4 nitrogen and oxygen atoms in total. The summed E-state index contributed by atoms with van der Waals surface area (Å²) in [4.78, 5) is 10.3. The Balaban J connectivity index is 1.20. The first-order valence-electron chi connectivity index (χ1n) is 17.5. The lowest BCUT2D eigenvalue weighted by molar-refractivity contribution is 0.418. The highest BCUT2D eigenvalue weighted by Gasteiger charge is 2.35. The Morgan fingerprint density at radius 3 is 1.87 bits per heavy atom. The van der Waals surface area contributed by atoms with Gasteiger partial charge in [0.05, 0.1) is 23.0 Å². The lowest BCUT2D eigenvalue weighted by atomic mass is 9.74. The van der Waals surface area contributed by atoms with E-state index in [1.54, 1.807) is 0 Å². The Bertz CT molecular complexity index is 2690. The van der Waals surface area contributed by atoms with Gasteiger partial charge in [0, 0.05) is 38.8 Å². The van der Waals surface area contributed by atoms with Crippen molar-refractivity contribution >= 4 is 10.8 Å². The first-order valence-corrected chi connectivity index (χ1v) is 17.5. The van der Waals surface area contributed by atoms with Crippen LogP contribution in [0.25, 0.3) is 66.9 Å². The average Bonchev–Trinajstić information content (AvgIpc) is 3.20. The van der Waals surface area contributed by atoms with E-state index in [-0.39, 0.29) is 5.41 Å². The third-order valence-electron chi connectivity index (χ3n) is 10.2. The third kappa shape index (κ3) is 5.32. The van der Waals surface area contributed by atoms with Crippen LogP contribution >= 0.6 is 0 Å². The summed E-state index contributed by atoms with van der Waals surface area (Å²) in [5.74, 6) is 2.20. The quantitative estimate of drug-likeness (QED) is 0.183. The van der Waals surface area contributed by atoms with E-state index in [2.05, 4.69) is 117 Å². The van der Waals surface area contributed by atoms with Crippen LogP contribution < -0.4 is 4.74 Å². The van der Waals surface area contributed by atoms with Crippen molar-refractivity contribution in [3.63, 3.8) is 0 Å². The van der Waals surface area contributed by atoms with Crippen molar-refractivity contribution in [2.45, 2.75) is 19.3 Å². The minimum absolute atomic E-state index is 0.310. The number of aromatic nitrogens is 2. The van der Waals surface area contributed by atoms with Gasteiger partial charge in [-0.25, -0.2) is 9.97 Å². The second-order valence-corrected chi connectivity index (χ2v) is 13.7. The van der Waals surface area contributed by atoms with Crippen molar-refractivity contribution in [1.82, 2.24) is 9.97 Å². The summed E-state index contributed by atoms with van der Waals surface area (Å²) in [6.07, 6.45) is 0. The van der Waals surface area contributed by atoms with Crippen LogP contribution in [-0.4, -0.2) is 9.97 Å². The van der Waals surface area contributed by atoms with Gasteiger partial charge in [0.25, 0.3) is 0 Å². The van der Waals surface area contributed by atoms with E-state index >= 15 is 0 Å². The van der Waals surface area contributed by atoms with Crippen LogP contribution in [0.5, 0.6) is 11.5 Å². The fourth-order valence-corrected chi connectivity index (χ4v) is 7.51. The SMILES string of the molecule is CC1(C)c2ccccc2Oc2cc(C#N)c(-c3cccc(-c4cc(-c5ccc(-c6ccccc6)c6ccccc56)nc(-c5ccccc5)n4)c3)cc21. The third-order valence-corrected chi connectivity index (χ3v) is 10.2. The van der Waals surface area contributed by atoms with Gasteiger partial charge in [-0.1, -0.05) is 147 Å². The summed E-state index contributed by atoms with van der Waals surface area (Å²) in [5.41, 5.74) is 11.1. The number of fused-ring (bicyclic) bond motifs is 3. The topological polar surface area (TPSA) is 58.8 Å². The molecule has 0 N–H and O–H groups in total. The summed E-state index contributed by atoms with van der Waals surface area (Å²) in [7, 11) is 0. The zero-order chi connectivity index (χ0) is 35.2. The maximum absolute atomic E-state index is 10.4. The van der Waals surface area contributed by atoms with Gasteiger partial charge in [0.15, 0.2) is 5.82 Å². The Morgan fingerprint density at radius 2 is 1.10 bits per heavy atom. The molecule has 0 fully saturated rings. The standard InChI is InChI=1S/C48H33N3O/c1-48(2)41-22-11-12-23-45(41)52-46-27-35(30-49)40(28-42(46)48)33-18-13-19-34(26-33)43-29-44(51-47(50-43)32-16-7-4-8-17-32)39-25-24-36(31-14-5-3-6-15-31)37-20-9-10-21-38(37)39/h3-29H,1-2H3. The maximum Gasteiger partial charge on any atom is 0.160 e. The molecule has 0 saturated heterocycles. The molecule has 7 aromatic carbocycles. The number of para-hydroxylation sites is 1. The van der Waals surface area contributed by atoms with Crippen molar-refractivity contribution in [2.24, 2.45) is 0 Å². The molecule has 0 aliphatic carbocycles. The molecule has 2 heterocycles. The summed E-state index contributed by atoms with van der Waals surface area (Å²) in [5, 5.41) is 12.7. The van der Waals surface area contributed by atoms with Crippen LogP contribution in [-0.2, 0) is 5.41 Å². The van der Waals surface area contributed by atoms with Crippen LogP contribution in [0.3, 0.4) is 0 Å². The first-order chi connectivity index (χ1) is 25.5. The molecule has 8 aromatic rings. The number of hydrogen-bond acceptors (Lipinski definition) is 4. The molecule has 1 aromatic heterocycles. The fourth-order valence-electron chi connectivity index (χ4n) is 7.51. The van der Waals surface area contributed by atoms with Gasteiger partial charge in [-0.2, -0.15) is 5.26 Å². The highest BCUT2D eigenvalue weighted by atomic mass is 16.5. The second-order valence-electron chi connectivity index (χ2n) is 13.7. The van der Waals surface area contributed by atoms with Gasteiger partial charge >= 0.3 is 0 Å². The maximum atomic E-state index is 10.4. The molecule has 0 amide bonds. The summed E-state index contributed by atoms with van der Waals surface area (Å²) in [6, 6.07) is 58.5. The van der Waals surface area contributed by atoms with Crippen LogP contribution in [0.15, 0.2) is 164 Å². The molecular weight excluding hydrogens is 635 g/mol. The van der Waals surface area contributed by atoms with E-state index in [9.17, 15) is 5.26 Å². The zero-order valence-corrected chi connectivity index (χ0v) is 28.8. The van der Waals surface area contributed by atoms with Crippen molar-refractivity contribution < 1.29 is 4.74 Å². The van der Waals surface area contributed by atoms with Crippen LogP contribution in [0.1, 0.15) is 30.5 Å². The average molecular weight is 668 g/mol. The number of nitriles is 1. The van der Waals surface area contributed by atoms with E-state index in [1.165, 1.54) is 16.5 Å². The molecule has 246 valence electrons. The summed E-state index contributed by atoms with van der Waals surface area (Å²) in [6.45, 7) is 4.42. The Morgan fingerprint density at radius 1 is 0.481 bits per heavy atom. The minimum atomic E-state index is -0.310. The fraction of sp³-hybridized carbons (Fsp3) is 0.0625. The van der Waals surface area contributed by atoms with E-state index in [0.717, 1.165) is 67.2 Å². The highest BCUT2D eigenvalue weighted by Crippen LogP contribution is 2.49. The van der Waals surface area contributed by atoms with Crippen LogP contribution in [0, 0.1) is 11.3 Å². The predicted molar refractivity (Wildman–Crippen MR) is 210 cm³/mol. The summed E-state index contributed by atoms with van der Waals surface area (Å²) >= 11 is 0. The van der Waals surface area contributed by atoms with Crippen LogP contribution in [0.2, 0.25) is 0 Å². The van der Waals surface area contributed by atoms with Crippen LogP contribution in [0.4, 0.5) is 0 Å². The van der Waals surface area contributed by atoms with Gasteiger partial charge in [-0.05, 0) is 57.8 Å². The van der Waals surface area contributed by atoms with Crippen molar-refractivity contribution in [3.05, 3.63) is 180 Å². The molecule has 1 aliphatic rings. The normalized spacial score (nSPS) is 12.7. The van der Waals surface area contributed by atoms with Gasteiger partial charge in [0.2, 0.25) is 0 Å². The van der Waals surface area contributed by atoms with Gasteiger partial charge < -0.3 is 4.74 Å². The van der Waals surface area contributed by atoms with Crippen molar-refractivity contribution in [2.75, 3.05) is 0 Å². The first kappa shape index (κ1) is 31.2. The molecule has 0 unspecified atom stereocenters. The minimum Gasteiger partial charge on any atom is -0.457 e. The number of nitrogens with zero attached hydrogens (tertiary/aromatic N) is 3. The highest BCUT2D eigenvalue weighted by molar-refractivity contribution is 6.04. The number of hydrogen-bond donors (Lipinski definition) is 0. The lowest BCUT2D eigenvalue weighted by Gasteiger charge is -2.35. The monoisotopic (exact) mass is 667 g/mol. The smallest absolute Gasteiger partial charge is 0.160 e. The molecule has 1 aliphatic heterocycles. The Kier molecular flexibility index (Phi) is 7.49. The predicted octanol–water partition coefficient (Wildman–Crippen LogP) is 12.3. The van der Waals surface area contributed by atoms with Gasteiger partial charge in [-0.3, -0.25) is 0 Å². The summed E-state index contributed by atoms with van der Waals surface area (Å²) < 4.78 is 6.34. The molecule has 0 spiro atoms.